The molecule has 1 amide bonds. The Morgan fingerprint density at radius 3 is 2.64 bits per heavy atom. The van der Waals surface area contributed by atoms with E-state index in [1.165, 1.54) is 37.6 Å². The quantitative estimate of drug-likeness (QED) is 0.875. The van der Waals surface area contributed by atoms with Crippen LogP contribution in [0.15, 0.2) is 42.5 Å². The van der Waals surface area contributed by atoms with Gasteiger partial charge in [0, 0.05) is 18.7 Å². The Hall–Kier alpha value is -2.40. The maximum atomic E-state index is 13.7. The molecule has 0 aliphatic carbocycles. The molecule has 0 aromatic heterocycles. The van der Waals surface area contributed by atoms with Gasteiger partial charge >= 0.3 is 0 Å². The van der Waals surface area contributed by atoms with Gasteiger partial charge in [0.2, 0.25) is 0 Å². The molecular formula is C20H23FN2O2. The topological polar surface area (TPSA) is 41.6 Å². The molecule has 2 aromatic rings. The van der Waals surface area contributed by atoms with Crippen molar-refractivity contribution in [1.29, 1.82) is 0 Å². The lowest BCUT2D eigenvalue weighted by Crippen LogP contribution is -2.23. The molecule has 0 unspecified atom stereocenters. The number of nitrogens with zero attached hydrogens (tertiary/aromatic N) is 1. The summed E-state index contributed by atoms with van der Waals surface area (Å²) >= 11 is 0. The van der Waals surface area contributed by atoms with Crippen LogP contribution in [0.5, 0.6) is 5.75 Å². The molecule has 1 aliphatic heterocycles. The number of halogens is 1. The van der Waals surface area contributed by atoms with Gasteiger partial charge in [-0.25, -0.2) is 4.39 Å². The second kappa shape index (κ2) is 8.12. The number of carbonyl (C=O) groups excluding carboxylic acids is 1. The first-order chi connectivity index (χ1) is 12.2. The predicted molar refractivity (Wildman–Crippen MR) is 95.1 cm³/mol. The van der Waals surface area contributed by atoms with E-state index in [9.17, 15) is 9.18 Å². The van der Waals surface area contributed by atoms with E-state index < -0.39 is 5.82 Å². The van der Waals surface area contributed by atoms with E-state index >= 15 is 0 Å². The van der Waals surface area contributed by atoms with E-state index in [1.54, 1.807) is 6.07 Å². The summed E-state index contributed by atoms with van der Waals surface area (Å²) < 4.78 is 18.6. The number of rotatable bonds is 6. The van der Waals surface area contributed by atoms with Gasteiger partial charge in [0.25, 0.3) is 5.91 Å². The lowest BCUT2D eigenvalue weighted by Gasteiger charge is -2.15. The van der Waals surface area contributed by atoms with Crippen molar-refractivity contribution in [2.24, 2.45) is 0 Å². The lowest BCUT2D eigenvalue weighted by molar-refractivity contribution is 0.0950. The van der Waals surface area contributed by atoms with Crippen molar-refractivity contribution in [3.05, 3.63) is 65.0 Å². The van der Waals surface area contributed by atoms with Gasteiger partial charge < -0.3 is 10.1 Å². The van der Waals surface area contributed by atoms with Crippen LogP contribution in [-0.4, -0.2) is 31.0 Å². The number of likely N-dealkylation sites (tertiary alicyclic amines) is 1. The zero-order valence-corrected chi connectivity index (χ0v) is 14.4. The summed E-state index contributed by atoms with van der Waals surface area (Å²) in [4.78, 5) is 14.6. The van der Waals surface area contributed by atoms with E-state index in [2.05, 4.69) is 22.3 Å². The summed E-state index contributed by atoms with van der Waals surface area (Å²) in [7, 11) is 1.40. The molecule has 5 heteroatoms. The van der Waals surface area contributed by atoms with Crippen molar-refractivity contribution in [2.75, 3.05) is 20.2 Å². The van der Waals surface area contributed by atoms with Crippen LogP contribution >= 0.6 is 0 Å². The van der Waals surface area contributed by atoms with Crippen LogP contribution in [0, 0.1) is 5.82 Å². The third kappa shape index (κ3) is 4.57. The van der Waals surface area contributed by atoms with Crippen LogP contribution in [-0.2, 0) is 13.1 Å². The first-order valence-electron chi connectivity index (χ1n) is 8.57. The number of carbonyl (C=O) groups is 1. The molecular weight excluding hydrogens is 319 g/mol. The third-order valence-corrected chi connectivity index (χ3v) is 4.46. The van der Waals surface area contributed by atoms with E-state index in [1.807, 2.05) is 12.1 Å². The smallest absolute Gasteiger partial charge is 0.251 e. The van der Waals surface area contributed by atoms with Crippen LogP contribution < -0.4 is 10.1 Å². The molecule has 1 heterocycles. The molecule has 0 saturated carbocycles. The molecule has 0 atom stereocenters. The fraction of sp³-hybridized carbons (Fsp3) is 0.350. The Bertz CT molecular complexity index is 742. The summed E-state index contributed by atoms with van der Waals surface area (Å²) in [6.45, 7) is 3.68. The Balaban J connectivity index is 1.59. The average molecular weight is 342 g/mol. The normalized spacial score (nSPS) is 14.5. The number of benzene rings is 2. The van der Waals surface area contributed by atoms with Gasteiger partial charge in [-0.1, -0.05) is 24.3 Å². The molecule has 0 bridgehead atoms. The van der Waals surface area contributed by atoms with Gasteiger partial charge in [0.05, 0.1) is 7.11 Å². The lowest BCUT2D eigenvalue weighted by atomic mass is 10.1. The minimum atomic E-state index is -0.539. The summed E-state index contributed by atoms with van der Waals surface area (Å²) in [5.41, 5.74) is 2.58. The highest BCUT2D eigenvalue weighted by Gasteiger charge is 2.12. The molecule has 0 spiro atoms. The largest absolute Gasteiger partial charge is 0.494 e. The predicted octanol–water partition coefficient (Wildman–Crippen LogP) is 3.36. The minimum Gasteiger partial charge on any atom is -0.494 e. The Kier molecular flexibility index (Phi) is 5.66. The average Bonchev–Trinajstić information content (AvgIpc) is 3.13. The molecule has 0 radical (unpaired) electrons. The number of nitrogens with one attached hydrogen (secondary N) is 1. The highest BCUT2D eigenvalue weighted by Crippen LogP contribution is 2.18. The molecule has 1 aliphatic rings. The number of hydrogen-bond acceptors (Lipinski definition) is 3. The third-order valence-electron chi connectivity index (χ3n) is 4.46. The molecule has 1 saturated heterocycles. The minimum absolute atomic E-state index is 0.131. The Morgan fingerprint density at radius 1 is 1.16 bits per heavy atom. The second-order valence-corrected chi connectivity index (χ2v) is 6.34. The molecule has 25 heavy (non-hydrogen) atoms. The zero-order valence-electron chi connectivity index (χ0n) is 14.4. The highest BCUT2D eigenvalue weighted by molar-refractivity contribution is 5.94. The Labute approximate surface area is 147 Å². The monoisotopic (exact) mass is 342 g/mol. The van der Waals surface area contributed by atoms with Crippen molar-refractivity contribution in [3.8, 4) is 5.75 Å². The van der Waals surface area contributed by atoms with Gasteiger partial charge in [-0.3, -0.25) is 9.69 Å². The molecule has 2 aromatic carbocycles. The second-order valence-electron chi connectivity index (χ2n) is 6.34. The van der Waals surface area contributed by atoms with Gasteiger partial charge in [-0.05, 0) is 55.3 Å². The SMILES string of the molecule is COc1ccc(C(=O)NCc2cccc(CN3CCCC3)c2)cc1F. The number of hydrogen-bond donors (Lipinski definition) is 1. The maximum absolute atomic E-state index is 13.7. The molecule has 1 fully saturated rings. The fourth-order valence-electron chi connectivity index (χ4n) is 3.13. The van der Waals surface area contributed by atoms with Crippen LogP contribution in [0.3, 0.4) is 0 Å². The van der Waals surface area contributed by atoms with E-state index in [-0.39, 0.29) is 17.2 Å². The summed E-state index contributed by atoms with van der Waals surface area (Å²) in [5.74, 6) is -0.708. The van der Waals surface area contributed by atoms with E-state index in [0.717, 1.165) is 25.2 Å². The van der Waals surface area contributed by atoms with E-state index in [0.29, 0.717) is 6.54 Å². The first-order valence-corrected chi connectivity index (χ1v) is 8.57. The molecule has 1 N–H and O–H groups in total. The molecule has 132 valence electrons. The zero-order chi connectivity index (χ0) is 17.6. The van der Waals surface area contributed by atoms with Crippen LogP contribution in [0.4, 0.5) is 4.39 Å². The number of amides is 1. The van der Waals surface area contributed by atoms with Crippen LogP contribution in [0.25, 0.3) is 0 Å². The Morgan fingerprint density at radius 2 is 1.92 bits per heavy atom. The number of methoxy groups -OCH3 is 1. The summed E-state index contributed by atoms with van der Waals surface area (Å²) in [6, 6.07) is 12.4. The summed E-state index contributed by atoms with van der Waals surface area (Å²) in [6.07, 6.45) is 2.54. The van der Waals surface area contributed by atoms with E-state index in [4.69, 9.17) is 4.74 Å². The van der Waals surface area contributed by atoms with Gasteiger partial charge in [-0.15, -0.1) is 0 Å². The van der Waals surface area contributed by atoms with Crippen molar-refractivity contribution >= 4 is 5.91 Å². The van der Waals surface area contributed by atoms with Gasteiger partial charge in [0.1, 0.15) is 0 Å². The van der Waals surface area contributed by atoms with Crippen LogP contribution in [0.2, 0.25) is 0 Å². The molecule has 3 rings (SSSR count). The molecule has 4 nitrogen and oxygen atoms in total. The van der Waals surface area contributed by atoms with Crippen molar-refractivity contribution < 1.29 is 13.9 Å². The fourth-order valence-corrected chi connectivity index (χ4v) is 3.13. The standard InChI is InChI=1S/C20H23FN2O2/c1-25-19-8-7-17(12-18(19)21)20(24)22-13-15-5-4-6-16(11-15)14-23-9-2-3-10-23/h4-8,11-12H,2-3,9-10,13-14H2,1H3,(H,22,24). The van der Waals surface area contributed by atoms with Crippen LogP contribution in [0.1, 0.15) is 34.3 Å². The van der Waals surface area contributed by atoms with Gasteiger partial charge in [-0.2, -0.15) is 0 Å². The van der Waals surface area contributed by atoms with Crippen molar-refractivity contribution in [3.63, 3.8) is 0 Å². The van der Waals surface area contributed by atoms with Crippen molar-refractivity contribution in [1.82, 2.24) is 10.2 Å². The maximum Gasteiger partial charge on any atom is 0.251 e. The first kappa shape index (κ1) is 17.4. The highest BCUT2D eigenvalue weighted by atomic mass is 19.1. The van der Waals surface area contributed by atoms with Gasteiger partial charge in [0.15, 0.2) is 11.6 Å². The van der Waals surface area contributed by atoms with Crippen molar-refractivity contribution in [2.45, 2.75) is 25.9 Å². The number of ether oxygens (including phenoxy) is 1. The summed E-state index contributed by atoms with van der Waals surface area (Å²) in [5, 5.41) is 2.84.